The van der Waals surface area contributed by atoms with E-state index in [9.17, 15) is 5.11 Å². The Morgan fingerprint density at radius 1 is 0.750 bits per heavy atom. The summed E-state index contributed by atoms with van der Waals surface area (Å²) in [6, 6.07) is 14.7. The van der Waals surface area contributed by atoms with Crippen molar-refractivity contribution in [2.24, 2.45) is 0 Å². The summed E-state index contributed by atoms with van der Waals surface area (Å²) in [7, 11) is 0. The zero-order valence-electron chi connectivity index (χ0n) is 10.9. The van der Waals surface area contributed by atoms with Gasteiger partial charge in [0.05, 0.1) is 0 Å². The van der Waals surface area contributed by atoms with Gasteiger partial charge in [-0.15, -0.1) is 20.4 Å². The molecule has 3 rings (SSSR count). The minimum atomic E-state index is 0.246. The lowest BCUT2D eigenvalue weighted by molar-refractivity contribution is 0.471. The molecule has 0 saturated heterocycles. The number of phenols is 1. The first kappa shape index (κ1) is 12.2. The largest absolute Gasteiger partial charge is 0.508 e. The highest BCUT2D eigenvalue weighted by Gasteiger charge is 2.07. The van der Waals surface area contributed by atoms with Gasteiger partial charge in [-0.2, -0.15) is 0 Å². The van der Waals surface area contributed by atoms with Gasteiger partial charge < -0.3 is 5.11 Å². The van der Waals surface area contributed by atoms with E-state index in [1.165, 1.54) is 0 Å². The van der Waals surface area contributed by atoms with E-state index in [1.54, 1.807) is 18.2 Å². The van der Waals surface area contributed by atoms with Crippen LogP contribution in [0.1, 0.15) is 5.56 Å². The van der Waals surface area contributed by atoms with Crippen molar-refractivity contribution in [2.45, 2.75) is 6.92 Å². The molecule has 1 heterocycles. The molecule has 1 aromatic heterocycles. The Balaban J connectivity index is 1.95. The van der Waals surface area contributed by atoms with Gasteiger partial charge in [-0.3, -0.25) is 0 Å². The number of aromatic hydroxyl groups is 1. The summed E-state index contributed by atoms with van der Waals surface area (Å²) in [6.45, 7) is 1.82. The van der Waals surface area contributed by atoms with Crippen LogP contribution in [-0.4, -0.2) is 25.5 Å². The van der Waals surface area contributed by atoms with E-state index >= 15 is 0 Å². The van der Waals surface area contributed by atoms with Crippen LogP contribution in [0.15, 0.2) is 48.5 Å². The summed E-state index contributed by atoms with van der Waals surface area (Å²) < 4.78 is 0. The molecule has 1 N–H and O–H groups in total. The molecular weight excluding hydrogens is 252 g/mol. The summed E-state index contributed by atoms with van der Waals surface area (Å²) in [5.74, 6) is 1.17. The van der Waals surface area contributed by atoms with Crippen LogP contribution in [0.2, 0.25) is 0 Å². The van der Waals surface area contributed by atoms with Crippen LogP contribution in [0.4, 0.5) is 0 Å². The van der Waals surface area contributed by atoms with Gasteiger partial charge in [0.1, 0.15) is 5.75 Å². The molecular formula is C15H12N4O. The monoisotopic (exact) mass is 264 g/mol. The molecule has 0 aliphatic heterocycles. The second-order valence-electron chi connectivity index (χ2n) is 4.41. The van der Waals surface area contributed by atoms with E-state index in [4.69, 9.17) is 0 Å². The predicted octanol–water partition coefficient (Wildman–Crippen LogP) is 2.61. The van der Waals surface area contributed by atoms with Crippen molar-refractivity contribution in [3.63, 3.8) is 0 Å². The van der Waals surface area contributed by atoms with Crippen molar-refractivity contribution in [3.8, 4) is 28.5 Å². The second kappa shape index (κ2) is 5.05. The smallest absolute Gasteiger partial charge is 0.203 e. The van der Waals surface area contributed by atoms with Crippen molar-refractivity contribution in [2.75, 3.05) is 0 Å². The molecule has 3 aromatic rings. The first-order valence-electron chi connectivity index (χ1n) is 6.17. The van der Waals surface area contributed by atoms with Gasteiger partial charge in [0.2, 0.25) is 11.6 Å². The van der Waals surface area contributed by atoms with Crippen molar-refractivity contribution < 1.29 is 5.11 Å². The van der Waals surface area contributed by atoms with Crippen molar-refractivity contribution >= 4 is 0 Å². The Labute approximate surface area is 116 Å². The third-order valence-electron chi connectivity index (χ3n) is 2.97. The van der Waals surface area contributed by atoms with E-state index in [1.807, 2.05) is 37.3 Å². The van der Waals surface area contributed by atoms with E-state index in [0.717, 1.165) is 16.7 Å². The van der Waals surface area contributed by atoms with Gasteiger partial charge in [0.25, 0.3) is 0 Å². The fraction of sp³-hybridized carbons (Fsp3) is 0.0667. The zero-order chi connectivity index (χ0) is 13.9. The molecule has 0 spiro atoms. The molecule has 0 radical (unpaired) electrons. The molecule has 20 heavy (non-hydrogen) atoms. The molecule has 0 unspecified atom stereocenters. The lowest BCUT2D eigenvalue weighted by atomic mass is 10.1. The van der Waals surface area contributed by atoms with Crippen molar-refractivity contribution in [1.82, 2.24) is 20.4 Å². The van der Waals surface area contributed by atoms with E-state index in [-0.39, 0.29) is 5.75 Å². The third kappa shape index (κ3) is 2.33. The molecule has 0 fully saturated rings. The van der Waals surface area contributed by atoms with Gasteiger partial charge in [0, 0.05) is 11.1 Å². The molecule has 5 nitrogen and oxygen atoms in total. The van der Waals surface area contributed by atoms with Crippen LogP contribution < -0.4 is 0 Å². The van der Waals surface area contributed by atoms with Gasteiger partial charge in [-0.1, -0.05) is 30.3 Å². The Hall–Kier alpha value is -2.82. The number of aryl methyl sites for hydroxylation is 1. The standard InChI is InChI=1S/C15H12N4O/c1-10-9-12(7-8-13(10)20)15-18-16-14(17-19-15)11-5-3-2-4-6-11/h2-9,20H,1H3. The average Bonchev–Trinajstić information content (AvgIpc) is 2.51. The molecule has 0 saturated carbocycles. The molecule has 5 heteroatoms. The number of phenolic OH excluding ortho intramolecular Hbond substituents is 1. The first-order chi connectivity index (χ1) is 9.74. The highest BCUT2D eigenvalue weighted by molar-refractivity contribution is 5.59. The number of benzene rings is 2. The summed E-state index contributed by atoms with van der Waals surface area (Å²) in [5, 5.41) is 25.9. The average molecular weight is 264 g/mol. The van der Waals surface area contributed by atoms with Crippen LogP contribution in [-0.2, 0) is 0 Å². The SMILES string of the molecule is Cc1cc(-c2nnc(-c3ccccc3)nn2)ccc1O. The Morgan fingerprint density at radius 3 is 1.95 bits per heavy atom. The maximum absolute atomic E-state index is 9.51. The van der Waals surface area contributed by atoms with Gasteiger partial charge in [-0.25, -0.2) is 0 Å². The van der Waals surface area contributed by atoms with Crippen molar-refractivity contribution in [3.05, 3.63) is 54.1 Å². The minimum Gasteiger partial charge on any atom is -0.508 e. The summed E-state index contributed by atoms with van der Waals surface area (Å²) in [6.07, 6.45) is 0. The maximum Gasteiger partial charge on any atom is 0.203 e. The van der Waals surface area contributed by atoms with Gasteiger partial charge in [0.15, 0.2) is 0 Å². The quantitative estimate of drug-likeness (QED) is 0.770. The molecule has 2 aromatic carbocycles. The Morgan fingerprint density at radius 2 is 1.35 bits per heavy atom. The van der Waals surface area contributed by atoms with Crippen LogP contribution in [0.5, 0.6) is 5.75 Å². The fourth-order valence-corrected chi connectivity index (χ4v) is 1.84. The molecule has 0 aliphatic rings. The Bertz CT molecular complexity index is 727. The predicted molar refractivity (Wildman–Crippen MR) is 74.9 cm³/mol. The van der Waals surface area contributed by atoms with Crippen LogP contribution in [0, 0.1) is 6.92 Å². The topological polar surface area (TPSA) is 71.8 Å². The minimum absolute atomic E-state index is 0.246. The van der Waals surface area contributed by atoms with E-state index in [0.29, 0.717) is 11.6 Å². The van der Waals surface area contributed by atoms with Crippen LogP contribution in [0.25, 0.3) is 22.8 Å². The van der Waals surface area contributed by atoms with Crippen LogP contribution in [0.3, 0.4) is 0 Å². The molecule has 0 bridgehead atoms. The van der Waals surface area contributed by atoms with Gasteiger partial charge in [-0.05, 0) is 30.7 Å². The maximum atomic E-state index is 9.51. The lowest BCUT2D eigenvalue weighted by Gasteiger charge is -2.03. The normalized spacial score (nSPS) is 10.4. The first-order valence-corrected chi connectivity index (χ1v) is 6.17. The summed E-state index contributed by atoms with van der Waals surface area (Å²) >= 11 is 0. The summed E-state index contributed by atoms with van der Waals surface area (Å²) in [4.78, 5) is 0. The number of nitrogens with zero attached hydrogens (tertiary/aromatic N) is 4. The Kier molecular flexibility index (Phi) is 3.09. The molecule has 0 aliphatic carbocycles. The number of rotatable bonds is 2. The van der Waals surface area contributed by atoms with E-state index in [2.05, 4.69) is 20.4 Å². The number of hydrogen-bond acceptors (Lipinski definition) is 5. The molecule has 0 amide bonds. The molecule has 0 atom stereocenters. The van der Waals surface area contributed by atoms with E-state index < -0.39 is 0 Å². The summed E-state index contributed by atoms with van der Waals surface area (Å²) in [5.41, 5.74) is 2.42. The lowest BCUT2D eigenvalue weighted by Crippen LogP contribution is -1.99. The highest BCUT2D eigenvalue weighted by Crippen LogP contribution is 2.22. The zero-order valence-corrected chi connectivity index (χ0v) is 10.9. The third-order valence-corrected chi connectivity index (χ3v) is 2.97. The molecule has 98 valence electrons. The number of hydrogen-bond donors (Lipinski definition) is 1. The fourth-order valence-electron chi connectivity index (χ4n) is 1.84. The highest BCUT2D eigenvalue weighted by atomic mass is 16.3. The van der Waals surface area contributed by atoms with Crippen LogP contribution >= 0.6 is 0 Å². The second-order valence-corrected chi connectivity index (χ2v) is 4.41. The van der Waals surface area contributed by atoms with Gasteiger partial charge >= 0.3 is 0 Å². The van der Waals surface area contributed by atoms with Crippen molar-refractivity contribution in [1.29, 1.82) is 0 Å². The number of aromatic nitrogens is 4.